The van der Waals surface area contributed by atoms with Crippen LogP contribution in [0.1, 0.15) is 29.6 Å². The Labute approximate surface area is 185 Å². The maximum absolute atomic E-state index is 12.4. The molecule has 166 valence electrons. The van der Waals surface area contributed by atoms with Crippen molar-refractivity contribution < 1.29 is 19.1 Å². The van der Waals surface area contributed by atoms with Crippen LogP contribution in [-0.4, -0.2) is 42.0 Å². The summed E-state index contributed by atoms with van der Waals surface area (Å²) in [6.45, 7) is 1.30. The molecule has 1 atom stereocenters. The first-order valence-electron chi connectivity index (χ1n) is 10.7. The molecule has 0 fully saturated rings. The Morgan fingerprint density at radius 2 is 2.00 bits per heavy atom. The number of aromatic nitrogens is 1. The van der Waals surface area contributed by atoms with Gasteiger partial charge in [0.1, 0.15) is 11.8 Å². The van der Waals surface area contributed by atoms with Crippen LogP contribution >= 0.6 is 0 Å². The molecule has 0 saturated carbocycles. The Bertz CT molecular complexity index is 1150. The predicted octanol–water partition coefficient (Wildman–Crippen LogP) is 2.69. The minimum atomic E-state index is -0.746. The highest BCUT2D eigenvalue weighted by molar-refractivity contribution is 6.09. The minimum absolute atomic E-state index is 0.143. The van der Waals surface area contributed by atoms with Crippen LogP contribution in [0, 0.1) is 0 Å². The van der Waals surface area contributed by atoms with Crippen molar-refractivity contribution in [2.24, 2.45) is 0 Å². The third-order valence-corrected chi connectivity index (χ3v) is 5.59. The van der Waals surface area contributed by atoms with Gasteiger partial charge in [0.05, 0.1) is 18.4 Å². The van der Waals surface area contributed by atoms with E-state index < -0.39 is 6.04 Å². The molecule has 1 unspecified atom stereocenters. The van der Waals surface area contributed by atoms with Crippen LogP contribution in [0.5, 0.6) is 5.75 Å². The number of carbonyl (C=O) groups is 3. The second kappa shape index (κ2) is 9.55. The number of hydrogen-bond acceptors (Lipinski definition) is 4. The summed E-state index contributed by atoms with van der Waals surface area (Å²) < 4.78 is 7.40. The monoisotopic (exact) mass is 434 g/mol. The zero-order valence-electron chi connectivity index (χ0n) is 17.9. The van der Waals surface area contributed by atoms with Crippen LogP contribution in [0.2, 0.25) is 0 Å². The quantitative estimate of drug-likeness (QED) is 0.475. The van der Waals surface area contributed by atoms with Gasteiger partial charge >= 0.3 is 0 Å². The predicted molar refractivity (Wildman–Crippen MR) is 122 cm³/mol. The Kier molecular flexibility index (Phi) is 6.39. The standard InChI is InChI=1S/C24H26N4O4/c1-32-17-7-9-21-16(15-17)11-14-28(21)13-4-12-25-22(29)10-8-20-24(31)26-19-6-3-2-5-18(19)23(30)27-20/h2-3,5-7,9,11,14-15,20H,4,8,10,12-13H2,1H3,(H,25,29)(H,26,31)(H,27,30). The van der Waals surface area contributed by atoms with Gasteiger partial charge in [-0.05, 0) is 49.2 Å². The highest BCUT2D eigenvalue weighted by Crippen LogP contribution is 2.22. The average molecular weight is 434 g/mol. The van der Waals surface area contributed by atoms with Crippen molar-refractivity contribution >= 4 is 34.3 Å². The van der Waals surface area contributed by atoms with Gasteiger partial charge in [0.15, 0.2) is 0 Å². The molecular weight excluding hydrogens is 408 g/mol. The molecule has 32 heavy (non-hydrogen) atoms. The second-order valence-corrected chi connectivity index (χ2v) is 7.74. The molecule has 0 spiro atoms. The number of fused-ring (bicyclic) bond motifs is 2. The van der Waals surface area contributed by atoms with Gasteiger partial charge in [-0.2, -0.15) is 0 Å². The Morgan fingerprint density at radius 1 is 1.16 bits per heavy atom. The molecule has 3 amide bonds. The number of carbonyl (C=O) groups excluding carboxylic acids is 3. The number of nitrogens with one attached hydrogen (secondary N) is 3. The zero-order valence-corrected chi connectivity index (χ0v) is 17.9. The summed E-state index contributed by atoms with van der Waals surface area (Å²) in [7, 11) is 1.65. The number of amides is 3. The second-order valence-electron chi connectivity index (χ2n) is 7.74. The van der Waals surface area contributed by atoms with Crippen molar-refractivity contribution in [3.63, 3.8) is 0 Å². The van der Waals surface area contributed by atoms with Gasteiger partial charge in [0, 0.05) is 36.6 Å². The summed E-state index contributed by atoms with van der Waals surface area (Å²) in [6.07, 6.45) is 3.19. The number of ether oxygens (including phenoxy) is 1. The van der Waals surface area contributed by atoms with E-state index in [2.05, 4.69) is 20.5 Å². The summed E-state index contributed by atoms with van der Waals surface area (Å²) in [6, 6.07) is 14.1. The number of para-hydroxylation sites is 1. The molecular formula is C24H26N4O4. The van der Waals surface area contributed by atoms with Gasteiger partial charge in [0.2, 0.25) is 11.8 Å². The van der Waals surface area contributed by atoms with Crippen LogP contribution in [-0.2, 0) is 16.1 Å². The largest absolute Gasteiger partial charge is 0.497 e. The third-order valence-electron chi connectivity index (χ3n) is 5.59. The Hall–Kier alpha value is -3.81. The topological polar surface area (TPSA) is 101 Å². The van der Waals surface area contributed by atoms with Gasteiger partial charge in [-0.25, -0.2) is 0 Å². The first-order valence-corrected chi connectivity index (χ1v) is 10.7. The minimum Gasteiger partial charge on any atom is -0.497 e. The van der Waals surface area contributed by atoms with Crippen molar-refractivity contribution in [3.8, 4) is 5.75 Å². The molecule has 8 nitrogen and oxygen atoms in total. The average Bonchev–Trinajstić information content (AvgIpc) is 3.16. The maximum Gasteiger partial charge on any atom is 0.254 e. The molecule has 3 aromatic rings. The smallest absolute Gasteiger partial charge is 0.254 e. The van der Waals surface area contributed by atoms with Crippen LogP contribution < -0.4 is 20.7 Å². The fourth-order valence-electron chi connectivity index (χ4n) is 3.86. The lowest BCUT2D eigenvalue weighted by atomic mass is 10.1. The van der Waals surface area contributed by atoms with Gasteiger partial charge in [-0.3, -0.25) is 14.4 Å². The van der Waals surface area contributed by atoms with Gasteiger partial charge in [-0.15, -0.1) is 0 Å². The van der Waals surface area contributed by atoms with E-state index in [0.717, 1.165) is 29.6 Å². The van der Waals surface area contributed by atoms with E-state index in [9.17, 15) is 14.4 Å². The van der Waals surface area contributed by atoms with Crippen LogP contribution in [0.15, 0.2) is 54.7 Å². The molecule has 0 bridgehead atoms. The van der Waals surface area contributed by atoms with Crippen molar-refractivity contribution in [2.45, 2.75) is 31.8 Å². The fourth-order valence-corrected chi connectivity index (χ4v) is 3.86. The van der Waals surface area contributed by atoms with Crippen LogP contribution in [0.4, 0.5) is 5.69 Å². The zero-order chi connectivity index (χ0) is 22.5. The molecule has 1 aliphatic heterocycles. The molecule has 1 aromatic heterocycles. The van der Waals surface area contributed by atoms with E-state index in [1.807, 2.05) is 30.5 Å². The summed E-state index contributed by atoms with van der Waals surface area (Å²) in [5.74, 6) is 0.0500. The number of anilines is 1. The molecule has 1 aliphatic rings. The van der Waals surface area contributed by atoms with Crippen molar-refractivity contribution in [1.29, 1.82) is 0 Å². The molecule has 3 N–H and O–H groups in total. The first-order chi connectivity index (χ1) is 15.5. The number of aryl methyl sites for hydroxylation is 1. The number of hydrogen-bond donors (Lipinski definition) is 3. The van der Waals surface area contributed by atoms with Crippen molar-refractivity contribution in [1.82, 2.24) is 15.2 Å². The molecule has 2 heterocycles. The molecule has 8 heteroatoms. The summed E-state index contributed by atoms with van der Waals surface area (Å²) in [5.41, 5.74) is 2.02. The highest BCUT2D eigenvalue weighted by atomic mass is 16.5. The third kappa shape index (κ3) is 4.74. The van der Waals surface area contributed by atoms with Crippen LogP contribution in [0.3, 0.4) is 0 Å². The lowest BCUT2D eigenvalue weighted by Gasteiger charge is -2.14. The lowest BCUT2D eigenvalue weighted by Crippen LogP contribution is -2.42. The SMILES string of the molecule is COc1ccc2c(ccn2CCCNC(=O)CCC2NC(=O)c3ccccc3NC2=O)c1. The van der Waals surface area contributed by atoms with Gasteiger partial charge < -0.3 is 25.3 Å². The van der Waals surface area contributed by atoms with E-state index in [0.29, 0.717) is 17.8 Å². The molecule has 0 aliphatic carbocycles. The molecule has 0 radical (unpaired) electrons. The number of nitrogens with zero attached hydrogens (tertiary/aromatic N) is 1. The van der Waals surface area contributed by atoms with Crippen molar-refractivity contribution in [3.05, 3.63) is 60.3 Å². The summed E-state index contributed by atoms with van der Waals surface area (Å²) in [5, 5.41) is 9.46. The van der Waals surface area contributed by atoms with E-state index in [4.69, 9.17) is 4.74 Å². The van der Waals surface area contributed by atoms with Crippen molar-refractivity contribution in [2.75, 3.05) is 19.0 Å². The normalized spacial score (nSPS) is 15.5. The van der Waals surface area contributed by atoms with Crippen LogP contribution in [0.25, 0.3) is 10.9 Å². The number of benzene rings is 2. The van der Waals surface area contributed by atoms with E-state index in [-0.39, 0.29) is 30.6 Å². The van der Waals surface area contributed by atoms with E-state index >= 15 is 0 Å². The summed E-state index contributed by atoms with van der Waals surface area (Å²) in [4.78, 5) is 37.0. The molecule has 2 aromatic carbocycles. The maximum atomic E-state index is 12.4. The molecule has 4 rings (SSSR count). The molecule has 0 saturated heterocycles. The number of methoxy groups -OCH3 is 1. The Balaban J connectivity index is 1.22. The van der Waals surface area contributed by atoms with E-state index in [1.54, 1.807) is 31.4 Å². The fraction of sp³-hybridized carbons (Fsp3) is 0.292. The van der Waals surface area contributed by atoms with Gasteiger partial charge in [0.25, 0.3) is 5.91 Å². The lowest BCUT2D eigenvalue weighted by molar-refractivity contribution is -0.121. The van der Waals surface area contributed by atoms with Gasteiger partial charge in [-0.1, -0.05) is 12.1 Å². The highest BCUT2D eigenvalue weighted by Gasteiger charge is 2.27. The first kappa shape index (κ1) is 21.4. The number of rotatable bonds is 8. The Morgan fingerprint density at radius 3 is 2.84 bits per heavy atom. The summed E-state index contributed by atoms with van der Waals surface area (Å²) >= 11 is 0. The van der Waals surface area contributed by atoms with E-state index in [1.165, 1.54) is 0 Å².